The lowest BCUT2D eigenvalue weighted by molar-refractivity contribution is 0.373. The van der Waals surface area contributed by atoms with Crippen molar-refractivity contribution in [2.45, 2.75) is 13.0 Å². The van der Waals surface area contributed by atoms with Crippen LogP contribution < -0.4 is 10.1 Å². The Kier molecular flexibility index (Phi) is 4.17. The zero-order valence-electron chi connectivity index (χ0n) is 10.2. The van der Waals surface area contributed by atoms with Gasteiger partial charge in [0.15, 0.2) is 5.22 Å². The molecule has 0 aromatic carbocycles. The predicted molar refractivity (Wildman–Crippen MR) is 67.8 cm³/mol. The van der Waals surface area contributed by atoms with Crippen molar-refractivity contribution in [1.82, 2.24) is 15.3 Å². The van der Waals surface area contributed by atoms with Gasteiger partial charge in [0.05, 0.1) is 7.11 Å². The highest BCUT2D eigenvalue weighted by Gasteiger charge is 2.22. The summed E-state index contributed by atoms with van der Waals surface area (Å²) in [6.45, 7) is 2.75. The number of rotatable bonds is 5. The molecule has 0 spiro atoms. The van der Waals surface area contributed by atoms with E-state index in [1.807, 2.05) is 13.0 Å². The molecule has 0 amide bonds. The van der Waals surface area contributed by atoms with Crippen molar-refractivity contribution in [2.24, 2.45) is 0 Å². The SMILES string of the molecule is CCNC(c1ccc(Cl)o1)c1nccnc1OC. The van der Waals surface area contributed by atoms with Crippen molar-refractivity contribution in [3.8, 4) is 5.88 Å². The van der Waals surface area contributed by atoms with Gasteiger partial charge in [0.25, 0.3) is 0 Å². The lowest BCUT2D eigenvalue weighted by Crippen LogP contribution is -2.23. The van der Waals surface area contributed by atoms with Gasteiger partial charge in [-0.05, 0) is 30.3 Å². The number of hydrogen-bond donors (Lipinski definition) is 1. The minimum Gasteiger partial charge on any atom is -0.480 e. The molecule has 6 heteroatoms. The second-order valence-electron chi connectivity index (χ2n) is 3.58. The largest absolute Gasteiger partial charge is 0.480 e. The Balaban J connectivity index is 2.41. The number of ether oxygens (including phenoxy) is 1. The van der Waals surface area contributed by atoms with E-state index < -0.39 is 0 Å². The molecule has 2 heterocycles. The molecule has 0 radical (unpaired) electrons. The summed E-state index contributed by atoms with van der Waals surface area (Å²) in [6.07, 6.45) is 3.20. The Morgan fingerprint density at radius 1 is 1.39 bits per heavy atom. The third-order valence-electron chi connectivity index (χ3n) is 2.44. The summed E-state index contributed by atoms with van der Waals surface area (Å²) in [5, 5.41) is 3.61. The third kappa shape index (κ3) is 2.63. The molecule has 0 aliphatic carbocycles. The van der Waals surface area contributed by atoms with Gasteiger partial charge in [-0.3, -0.25) is 4.98 Å². The standard InChI is InChI=1S/C12H14ClN3O2/c1-3-14-10(8-4-5-9(13)18-8)11-12(17-2)16-7-6-15-11/h4-7,10,14H,3H2,1-2H3. The molecule has 1 atom stereocenters. The van der Waals surface area contributed by atoms with Crippen LogP contribution in [-0.2, 0) is 0 Å². The molecule has 2 aromatic rings. The van der Waals surface area contributed by atoms with Gasteiger partial charge < -0.3 is 14.5 Å². The molecule has 18 heavy (non-hydrogen) atoms. The fourth-order valence-electron chi connectivity index (χ4n) is 1.71. The van der Waals surface area contributed by atoms with Gasteiger partial charge in [0.2, 0.25) is 5.88 Å². The first kappa shape index (κ1) is 12.9. The lowest BCUT2D eigenvalue weighted by atomic mass is 10.1. The first-order valence-electron chi connectivity index (χ1n) is 5.59. The molecule has 0 aliphatic heterocycles. The summed E-state index contributed by atoms with van der Waals surface area (Å²) >= 11 is 5.80. The minimum atomic E-state index is -0.230. The number of hydrogen-bond acceptors (Lipinski definition) is 5. The van der Waals surface area contributed by atoms with Crippen LogP contribution in [0.4, 0.5) is 0 Å². The summed E-state index contributed by atoms with van der Waals surface area (Å²) in [4.78, 5) is 8.43. The van der Waals surface area contributed by atoms with E-state index in [9.17, 15) is 0 Å². The van der Waals surface area contributed by atoms with E-state index in [1.165, 1.54) is 0 Å². The fraction of sp³-hybridized carbons (Fsp3) is 0.333. The van der Waals surface area contributed by atoms with Crippen LogP contribution in [0.25, 0.3) is 0 Å². The summed E-state index contributed by atoms with van der Waals surface area (Å²) in [5.41, 5.74) is 0.674. The fourth-order valence-corrected chi connectivity index (χ4v) is 1.86. The van der Waals surface area contributed by atoms with Gasteiger partial charge in [-0.2, -0.15) is 0 Å². The van der Waals surface area contributed by atoms with E-state index in [2.05, 4.69) is 15.3 Å². The molecule has 2 rings (SSSR count). The van der Waals surface area contributed by atoms with Gasteiger partial charge in [-0.1, -0.05) is 6.92 Å². The molecule has 2 aromatic heterocycles. The Bertz CT molecular complexity index is 516. The lowest BCUT2D eigenvalue weighted by Gasteiger charge is -2.16. The molecule has 0 saturated heterocycles. The van der Waals surface area contributed by atoms with Gasteiger partial charge in [-0.15, -0.1) is 0 Å². The van der Waals surface area contributed by atoms with Gasteiger partial charge in [-0.25, -0.2) is 4.98 Å². The van der Waals surface area contributed by atoms with E-state index in [0.717, 1.165) is 6.54 Å². The zero-order valence-corrected chi connectivity index (χ0v) is 10.9. The summed E-state index contributed by atoms with van der Waals surface area (Å²) in [6, 6.07) is 3.28. The van der Waals surface area contributed by atoms with Crippen LogP contribution in [0.1, 0.15) is 24.4 Å². The molecule has 96 valence electrons. The Morgan fingerprint density at radius 3 is 2.78 bits per heavy atom. The molecular formula is C12H14ClN3O2. The quantitative estimate of drug-likeness (QED) is 0.902. The van der Waals surface area contributed by atoms with Crippen molar-refractivity contribution < 1.29 is 9.15 Å². The van der Waals surface area contributed by atoms with E-state index in [1.54, 1.807) is 25.6 Å². The van der Waals surface area contributed by atoms with Crippen molar-refractivity contribution in [2.75, 3.05) is 13.7 Å². The first-order valence-corrected chi connectivity index (χ1v) is 5.97. The van der Waals surface area contributed by atoms with E-state index in [4.69, 9.17) is 20.8 Å². The minimum absolute atomic E-state index is 0.230. The highest BCUT2D eigenvalue weighted by Crippen LogP contribution is 2.28. The van der Waals surface area contributed by atoms with Gasteiger partial charge in [0, 0.05) is 12.4 Å². The summed E-state index contributed by atoms with van der Waals surface area (Å²) in [5.74, 6) is 1.15. The van der Waals surface area contributed by atoms with Crippen LogP contribution in [-0.4, -0.2) is 23.6 Å². The number of aromatic nitrogens is 2. The zero-order chi connectivity index (χ0) is 13.0. The smallest absolute Gasteiger partial charge is 0.237 e. The van der Waals surface area contributed by atoms with Crippen LogP contribution in [0.3, 0.4) is 0 Å². The van der Waals surface area contributed by atoms with E-state index in [0.29, 0.717) is 22.6 Å². The maximum absolute atomic E-state index is 5.80. The predicted octanol–water partition coefficient (Wildman–Crippen LogP) is 2.43. The van der Waals surface area contributed by atoms with Crippen molar-refractivity contribution in [3.05, 3.63) is 41.2 Å². The molecular weight excluding hydrogens is 254 g/mol. The normalized spacial score (nSPS) is 12.4. The molecule has 0 saturated carbocycles. The Labute approximate surface area is 110 Å². The molecule has 1 N–H and O–H groups in total. The second kappa shape index (κ2) is 5.84. The molecule has 0 aliphatic rings. The number of nitrogens with zero attached hydrogens (tertiary/aromatic N) is 2. The Morgan fingerprint density at radius 2 is 2.17 bits per heavy atom. The number of methoxy groups -OCH3 is 1. The maximum atomic E-state index is 5.80. The summed E-state index contributed by atoms with van der Waals surface area (Å²) in [7, 11) is 1.56. The monoisotopic (exact) mass is 267 g/mol. The topological polar surface area (TPSA) is 60.2 Å². The molecule has 0 fully saturated rings. The van der Waals surface area contributed by atoms with Crippen LogP contribution in [0.2, 0.25) is 5.22 Å². The molecule has 5 nitrogen and oxygen atoms in total. The highest BCUT2D eigenvalue weighted by atomic mass is 35.5. The number of halogens is 1. The van der Waals surface area contributed by atoms with Gasteiger partial charge >= 0.3 is 0 Å². The average Bonchev–Trinajstić information content (AvgIpc) is 2.82. The number of nitrogens with one attached hydrogen (secondary N) is 1. The van der Waals surface area contributed by atoms with Crippen LogP contribution >= 0.6 is 11.6 Å². The highest BCUT2D eigenvalue weighted by molar-refractivity contribution is 6.28. The second-order valence-corrected chi connectivity index (χ2v) is 3.96. The molecule has 1 unspecified atom stereocenters. The third-order valence-corrected chi connectivity index (χ3v) is 2.65. The molecule has 0 bridgehead atoms. The first-order chi connectivity index (χ1) is 8.76. The summed E-state index contributed by atoms with van der Waals surface area (Å²) < 4.78 is 10.6. The van der Waals surface area contributed by atoms with Crippen LogP contribution in [0, 0.1) is 0 Å². The van der Waals surface area contributed by atoms with Crippen LogP contribution in [0.15, 0.2) is 28.9 Å². The number of furan rings is 1. The Hall–Kier alpha value is -1.59. The van der Waals surface area contributed by atoms with Crippen LogP contribution in [0.5, 0.6) is 5.88 Å². The average molecular weight is 268 g/mol. The van der Waals surface area contributed by atoms with E-state index in [-0.39, 0.29) is 6.04 Å². The van der Waals surface area contributed by atoms with Gasteiger partial charge in [0.1, 0.15) is 17.5 Å². The maximum Gasteiger partial charge on any atom is 0.237 e. The van der Waals surface area contributed by atoms with Crippen molar-refractivity contribution in [1.29, 1.82) is 0 Å². The van der Waals surface area contributed by atoms with Crippen molar-refractivity contribution in [3.63, 3.8) is 0 Å². The van der Waals surface area contributed by atoms with E-state index >= 15 is 0 Å². The van der Waals surface area contributed by atoms with Crippen molar-refractivity contribution >= 4 is 11.6 Å².